The molecule has 2 heterocycles. The molecule has 2 aromatic rings. The zero-order valence-corrected chi connectivity index (χ0v) is 18.3. The second-order valence-electron chi connectivity index (χ2n) is 7.19. The summed E-state index contributed by atoms with van der Waals surface area (Å²) in [4.78, 5) is 4.86. The predicted molar refractivity (Wildman–Crippen MR) is 114 cm³/mol. The van der Waals surface area contributed by atoms with Crippen LogP contribution in [0, 0.1) is 0 Å². The molecule has 2 aliphatic heterocycles. The molecule has 0 saturated carbocycles. The Morgan fingerprint density at radius 1 is 1.15 bits per heavy atom. The Balaban J connectivity index is 1.83. The van der Waals surface area contributed by atoms with Gasteiger partial charge in [-0.15, -0.1) is 0 Å². The third kappa shape index (κ3) is 2.45. The molecule has 6 heteroatoms. The fraction of sp³-hybridized carbons (Fsp3) is 0.429. The zero-order valence-electron chi connectivity index (χ0n) is 16.1. The van der Waals surface area contributed by atoms with Crippen LogP contribution in [-0.4, -0.2) is 40.5 Å². The first kappa shape index (κ1) is 17.4. The van der Waals surface area contributed by atoms with E-state index in [0.29, 0.717) is 12.8 Å². The van der Waals surface area contributed by atoms with E-state index < -0.39 is 20.1 Å². The molecule has 1 aliphatic carbocycles. The normalized spacial score (nSPS) is 20.0. The topological polar surface area (TPSA) is 40.2 Å². The van der Waals surface area contributed by atoms with Crippen molar-refractivity contribution in [1.29, 1.82) is 0 Å². The molecule has 5 rings (SSSR count). The molecule has 0 radical (unpaired) electrons. The predicted octanol–water partition coefficient (Wildman–Crippen LogP) is 4.24. The Morgan fingerprint density at radius 2 is 2.00 bits per heavy atom. The van der Waals surface area contributed by atoms with Crippen molar-refractivity contribution in [2.24, 2.45) is 0 Å². The molecule has 0 aromatic heterocycles. The van der Waals surface area contributed by atoms with Crippen molar-refractivity contribution in [2.75, 3.05) is 37.4 Å². The molecular weight excluding hydrogens is 457 g/mol. The summed E-state index contributed by atoms with van der Waals surface area (Å²) in [5.74, 6) is 3.40. The van der Waals surface area contributed by atoms with Crippen LogP contribution in [0.15, 0.2) is 18.2 Å². The van der Waals surface area contributed by atoms with Gasteiger partial charge in [-0.1, -0.05) is 0 Å². The van der Waals surface area contributed by atoms with Gasteiger partial charge in [-0.3, -0.25) is 0 Å². The molecule has 27 heavy (non-hydrogen) atoms. The molecule has 5 nitrogen and oxygen atoms in total. The Kier molecular flexibility index (Phi) is 4.16. The molecule has 0 fully saturated rings. The summed E-state index contributed by atoms with van der Waals surface area (Å²) in [7, 11) is 3.42. The van der Waals surface area contributed by atoms with Gasteiger partial charge in [0, 0.05) is 0 Å². The summed E-state index contributed by atoms with van der Waals surface area (Å²) < 4.78 is 25.9. The number of rotatable bonds is 3. The molecule has 2 aromatic carbocycles. The number of nitrogens with zero attached hydrogens (tertiary/aromatic N) is 1. The van der Waals surface area contributed by atoms with E-state index in [0.717, 1.165) is 42.4 Å². The van der Waals surface area contributed by atoms with Crippen LogP contribution in [0.5, 0.6) is 23.0 Å². The first-order valence-electron chi connectivity index (χ1n) is 9.10. The van der Waals surface area contributed by atoms with Crippen LogP contribution >= 0.6 is 20.1 Å². The van der Waals surface area contributed by atoms with Crippen molar-refractivity contribution in [3.63, 3.8) is 0 Å². The molecule has 0 bridgehead atoms. The summed E-state index contributed by atoms with van der Waals surface area (Å²) in [6, 6.07) is 6.74. The zero-order chi connectivity index (χ0) is 18.7. The SMILES string of the molecule is COc1ccc2c(c1OC)C[C@H]1c3c(cc4c(c3-2)OCO4)CCN1I(C)C. The average molecular weight is 481 g/mol. The van der Waals surface area contributed by atoms with E-state index in [1.54, 1.807) is 14.2 Å². The maximum absolute atomic E-state index is 5.95. The quantitative estimate of drug-likeness (QED) is 0.373. The Morgan fingerprint density at radius 3 is 2.74 bits per heavy atom. The van der Waals surface area contributed by atoms with Crippen LogP contribution in [-0.2, 0) is 12.8 Å². The van der Waals surface area contributed by atoms with Gasteiger partial charge in [-0.2, -0.15) is 0 Å². The molecular formula is C21H24INO4. The average Bonchev–Trinajstić information content (AvgIpc) is 3.14. The van der Waals surface area contributed by atoms with Crippen molar-refractivity contribution in [2.45, 2.75) is 18.9 Å². The summed E-state index contributed by atoms with van der Waals surface area (Å²) in [6.07, 6.45) is 2.03. The third-order valence-electron chi connectivity index (χ3n) is 5.80. The Bertz CT molecular complexity index is 927. The molecule has 144 valence electrons. The monoisotopic (exact) mass is 481 g/mol. The number of hydrogen-bond donors (Lipinski definition) is 0. The first-order valence-corrected chi connectivity index (χ1v) is 14.4. The van der Waals surface area contributed by atoms with Crippen LogP contribution in [0.25, 0.3) is 11.1 Å². The van der Waals surface area contributed by atoms with Crippen LogP contribution in [0.3, 0.4) is 0 Å². The number of hydrogen-bond acceptors (Lipinski definition) is 5. The molecule has 3 aliphatic rings. The fourth-order valence-electron chi connectivity index (χ4n) is 4.71. The van der Waals surface area contributed by atoms with Crippen LogP contribution in [0.1, 0.15) is 22.7 Å². The van der Waals surface area contributed by atoms with E-state index in [4.69, 9.17) is 18.9 Å². The van der Waals surface area contributed by atoms with Crippen LogP contribution in [0.2, 0.25) is 0 Å². The van der Waals surface area contributed by atoms with Gasteiger partial charge in [-0.25, -0.2) is 0 Å². The second-order valence-corrected chi connectivity index (χ2v) is 12.5. The maximum atomic E-state index is 5.95. The number of halogens is 1. The number of methoxy groups -OCH3 is 2. The fourth-order valence-corrected chi connectivity index (χ4v) is 7.74. The van der Waals surface area contributed by atoms with E-state index in [1.807, 2.05) is 6.07 Å². The first-order chi connectivity index (χ1) is 13.1. The summed E-state index contributed by atoms with van der Waals surface area (Å²) in [6.45, 7) is 1.42. The van der Waals surface area contributed by atoms with Crippen molar-refractivity contribution in [3.05, 3.63) is 34.9 Å². The van der Waals surface area contributed by atoms with Gasteiger partial charge < -0.3 is 0 Å². The molecule has 0 amide bonds. The van der Waals surface area contributed by atoms with Gasteiger partial charge >= 0.3 is 167 Å². The summed E-state index contributed by atoms with van der Waals surface area (Å²) in [5.41, 5.74) is 6.46. The summed E-state index contributed by atoms with van der Waals surface area (Å²) in [5, 5.41) is 0. The molecule has 0 N–H and O–H groups in total. The number of benzene rings is 2. The minimum absolute atomic E-state index is 0.294. The molecule has 1 atom stereocenters. The van der Waals surface area contributed by atoms with Crippen LogP contribution < -0.4 is 18.9 Å². The van der Waals surface area contributed by atoms with Gasteiger partial charge in [0.1, 0.15) is 0 Å². The van der Waals surface area contributed by atoms with Crippen molar-refractivity contribution < 1.29 is 18.9 Å². The van der Waals surface area contributed by atoms with E-state index >= 15 is 0 Å². The van der Waals surface area contributed by atoms with Crippen LogP contribution in [0.4, 0.5) is 0 Å². The van der Waals surface area contributed by atoms with Gasteiger partial charge in [0.05, 0.1) is 0 Å². The van der Waals surface area contributed by atoms with Gasteiger partial charge in [-0.05, 0) is 0 Å². The molecule has 0 spiro atoms. The molecule has 0 saturated heterocycles. The minimum atomic E-state index is -1.15. The number of alkyl halides is 2. The number of fused-ring (bicyclic) bond motifs is 4. The van der Waals surface area contributed by atoms with Crippen molar-refractivity contribution in [1.82, 2.24) is 3.11 Å². The van der Waals surface area contributed by atoms with Crippen molar-refractivity contribution in [3.8, 4) is 34.1 Å². The van der Waals surface area contributed by atoms with E-state index in [9.17, 15) is 0 Å². The summed E-state index contributed by atoms with van der Waals surface area (Å²) >= 11 is -1.15. The van der Waals surface area contributed by atoms with Crippen molar-refractivity contribution >= 4 is 20.1 Å². The Hall–Kier alpha value is -1.67. The van der Waals surface area contributed by atoms with E-state index in [2.05, 4.69) is 25.1 Å². The van der Waals surface area contributed by atoms with E-state index in [1.165, 1.54) is 27.8 Å². The third-order valence-corrected chi connectivity index (χ3v) is 9.44. The van der Waals surface area contributed by atoms with Gasteiger partial charge in [0.25, 0.3) is 0 Å². The van der Waals surface area contributed by atoms with E-state index in [-0.39, 0.29) is 0 Å². The number of ether oxygens (including phenoxy) is 4. The van der Waals surface area contributed by atoms with Gasteiger partial charge in [0.2, 0.25) is 0 Å². The van der Waals surface area contributed by atoms with Gasteiger partial charge in [0.15, 0.2) is 0 Å². The standard InChI is InChI=1S/C21H24INO4/c1-22(2)23-8-7-12-9-17-21(27-11-26-17)19-13-5-6-16(24-3)20(25-4)14(13)10-15(23)18(12)19/h5-6,9,15H,7-8,10-11H2,1-4H3/t15-/m0/s1. The Labute approximate surface area is 167 Å². The second kappa shape index (κ2) is 6.44. The molecule has 0 unspecified atom stereocenters.